The van der Waals surface area contributed by atoms with E-state index in [-0.39, 0.29) is 37.5 Å². The Bertz CT molecular complexity index is 1390. The first-order chi connectivity index (χ1) is 33.0. The molecule has 0 aliphatic carbocycles. The number of esters is 3. The van der Waals surface area contributed by atoms with Crippen LogP contribution in [-0.4, -0.2) is 37.2 Å². The number of ether oxygens (including phenoxy) is 3. The van der Waals surface area contributed by atoms with E-state index in [0.29, 0.717) is 19.3 Å². The van der Waals surface area contributed by atoms with E-state index in [9.17, 15) is 14.4 Å². The summed E-state index contributed by atoms with van der Waals surface area (Å²) in [6.45, 7) is 6.41. The molecule has 0 spiro atoms. The quantitative estimate of drug-likeness (QED) is 0.0262. The van der Waals surface area contributed by atoms with Gasteiger partial charge in [-0.25, -0.2) is 0 Å². The zero-order valence-corrected chi connectivity index (χ0v) is 43.4. The normalized spacial score (nSPS) is 12.9. The molecule has 0 unspecified atom stereocenters. The fourth-order valence-electron chi connectivity index (χ4n) is 7.13. The molecule has 0 saturated heterocycles. The molecule has 0 N–H and O–H groups in total. The molecule has 0 radical (unpaired) electrons. The number of hydrogen-bond acceptors (Lipinski definition) is 6. The molecular formula is C61H100O6. The van der Waals surface area contributed by atoms with Gasteiger partial charge in [0.2, 0.25) is 0 Å². The van der Waals surface area contributed by atoms with E-state index < -0.39 is 6.10 Å². The van der Waals surface area contributed by atoms with Gasteiger partial charge in [0.05, 0.1) is 0 Å². The van der Waals surface area contributed by atoms with Gasteiger partial charge in [-0.05, 0) is 122 Å². The fraction of sp³-hybridized carbons (Fsp3) is 0.656. The van der Waals surface area contributed by atoms with Crippen LogP contribution in [0.15, 0.2) is 109 Å². The maximum Gasteiger partial charge on any atom is 0.306 e. The van der Waals surface area contributed by atoms with Gasteiger partial charge >= 0.3 is 17.9 Å². The fourth-order valence-corrected chi connectivity index (χ4v) is 7.13. The molecule has 0 aliphatic heterocycles. The average molecular weight is 929 g/mol. The van der Waals surface area contributed by atoms with Crippen LogP contribution in [0.3, 0.4) is 0 Å². The van der Waals surface area contributed by atoms with Crippen molar-refractivity contribution >= 4 is 17.9 Å². The Morgan fingerprint density at radius 3 is 1.00 bits per heavy atom. The Kier molecular flexibility index (Phi) is 51.5. The third-order valence-corrected chi connectivity index (χ3v) is 11.2. The molecule has 0 amide bonds. The SMILES string of the molecule is CC/C=C\C/C=C\C/C=C\C/C=C\C/C=C\CCCC(=O)O[C@H](COC(=O)CCCCCCC/C=C\CCCCCC)COC(=O)CCCCCCCC/C=C\C/C=C\C/C=C\CCCCC. The van der Waals surface area contributed by atoms with Crippen molar-refractivity contribution in [3.8, 4) is 0 Å². The smallest absolute Gasteiger partial charge is 0.306 e. The molecule has 0 aliphatic rings. The summed E-state index contributed by atoms with van der Waals surface area (Å²) in [7, 11) is 0. The standard InChI is InChI=1S/C61H100O6/c1-4-7-10-13-16-19-22-25-27-29-30-32-33-36-39-42-45-48-51-54-60(63)66-57-58(56-65-59(62)53-50-47-44-41-38-35-24-21-18-15-12-9-6-3)67-61(64)55-52-49-46-43-40-37-34-31-28-26-23-20-17-14-11-8-5-2/h8,11,16-17,19-21,24-28,30,32,34,37,43,46,58H,4-7,9-10,12-15,18,22-23,29,31,33,35-36,38-42,44-45,47-57H2,1-3H3/b11-8-,19-16-,20-17-,24-21-,27-25-,28-26-,32-30-,37-34-,46-43-/t58-/m1/s1. The maximum atomic E-state index is 12.8. The van der Waals surface area contributed by atoms with Crippen LogP contribution in [0.4, 0.5) is 0 Å². The summed E-state index contributed by atoms with van der Waals surface area (Å²) in [4.78, 5) is 38.1. The van der Waals surface area contributed by atoms with E-state index in [1.165, 1.54) is 77.0 Å². The molecule has 0 saturated carbocycles. The van der Waals surface area contributed by atoms with Crippen LogP contribution in [0.1, 0.15) is 239 Å². The summed E-state index contributed by atoms with van der Waals surface area (Å²) in [5, 5.41) is 0. The van der Waals surface area contributed by atoms with Crippen LogP contribution < -0.4 is 0 Å². The number of carbonyl (C=O) groups is 3. The van der Waals surface area contributed by atoms with E-state index in [4.69, 9.17) is 14.2 Å². The van der Waals surface area contributed by atoms with Crippen LogP contribution >= 0.6 is 0 Å². The third kappa shape index (κ3) is 52.9. The Labute approximate surface area is 412 Å². The first kappa shape index (κ1) is 63.1. The second-order valence-electron chi connectivity index (χ2n) is 17.7. The molecule has 6 nitrogen and oxygen atoms in total. The third-order valence-electron chi connectivity index (χ3n) is 11.2. The van der Waals surface area contributed by atoms with Gasteiger partial charge in [0, 0.05) is 19.3 Å². The maximum absolute atomic E-state index is 12.8. The highest BCUT2D eigenvalue weighted by atomic mass is 16.6. The molecule has 0 heterocycles. The zero-order chi connectivity index (χ0) is 48.6. The van der Waals surface area contributed by atoms with E-state index in [0.717, 1.165) is 116 Å². The van der Waals surface area contributed by atoms with Gasteiger partial charge in [-0.15, -0.1) is 0 Å². The lowest BCUT2D eigenvalue weighted by molar-refractivity contribution is -0.167. The van der Waals surface area contributed by atoms with Gasteiger partial charge in [0.25, 0.3) is 0 Å². The predicted octanol–water partition coefficient (Wildman–Crippen LogP) is 18.3. The van der Waals surface area contributed by atoms with Gasteiger partial charge in [-0.1, -0.05) is 207 Å². The lowest BCUT2D eigenvalue weighted by atomic mass is 10.1. The van der Waals surface area contributed by atoms with Crippen LogP contribution in [0.25, 0.3) is 0 Å². The van der Waals surface area contributed by atoms with E-state index >= 15 is 0 Å². The van der Waals surface area contributed by atoms with Crippen LogP contribution in [0, 0.1) is 0 Å². The molecule has 1 atom stereocenters. The molecule has 0 aromatic rings. The summed E-state index contributed by atoms with van der Waals surface area (Å²) in [5.74, 6) is -0.994. The van der Waals surface area contributed by atoms with Crippen molar-refractivity contribution in [1.82, 2.24) is 0 Å². The molecular weight excluding hydrogens is 829 g/mol. The van der Waals surface area contributed by atoms with Gasteiger partial charge < -0.3 is 14.2 Å². The lowest BCUT2D eigenvalue weighted by Gasteiger charge is -2.18. The minimum atomic E-state index is -0.818. The number of hydrogen-bond donors (Lipinski definition) is 0. The van der Waals surface area contributed by atoms with Gasteiger partial charge in [-0.2, -0.15) is 0 Å². The van der Waals surface area contributed by atoms with Gasteiger partial charge in [0.1, 0.15) is 13.2 Å². The van der Waals surface area contributed by atoms with E-state index in [1.54, 1.807) is 0 Å². The molecule has 6 heteroatoms. The number of unbranched alkanes of at least 4 members (excludes halogenated alkanes) is 19. The van der Waals surface area contributed by atoms with Gasteiger partial charge in [-0.3, -0.25) is 14.4 Å². The monoisotopic (exact) mass is 929 g/mol. The molecule has 0 rings (SSSR count). The molecule has 0 bridgehead atoms. The Hall–Kier alpha value is -3.93. The number of carbonyl (C=O) groups excluding carboxylic acids is 3. The molecule has 0 aromatic carbocycles. The summed E-state index contributed by atoms with van der Waals surface area (Å²) >= 11 is 0. The largest absolute Gasteiger partial charge is 0.462 e. The first-order valence-corrected chi connectivity index (χ1v) is 27.4. The van der Waals surface area contributed by atoms with Crippen molar-refractivity contribution in [3.05, 3.63) is 109 Å². The van der Waals surface area contributed by atoms with Crippen molar-refractivity contribution in [2.24, 2.45) is 0 Å². The minimum Gasteiger partial charge on any atom is -0.462 e. The first-order valence-electron chi connectivity index (χ1n) is 27.4. The van der Waals surface area contributed by atoms with Crippen molar-refractivity contribution in [1.29, 1.82) is 0 Å². The summed E-state index contributed by atoms with van der Waals surface area (Å²) in [5.41, 5.74) is 0. The topological polar surface area (TPSA) is 78.9 Å². The summed E-state index contributed by atoms with van der Waals surface area (Å²) in [6.07, 6.45) is 73.6. The van der Waals surface area contributed by atoms with E-state index in [1.807, 2.05) is 0 Å². The predicted molar refractivity (Wildman–Crippen MR) is 288 cm³/mol. The van der Waals surface area contributed by atoms with Crippen LogP contribution in [0.5, 0.6) is 0 Å². The Morgan fingerprint density at radius 2 is 0.597 bits per heavy atom. The molecule has 67 heavy (non-hydrogen) atoms. The van der Waals surface area contributed by atoms with Gasteiger partial charge in [0.15, 0.2) is 6.10 Å². The molecule has 380 valence electrons. The zero-order valence-electron chi connectivity index (χ0n) is 43.4. The molecule has 0 fully saturated rings. The van der Waals surface area contributed by atoms with Crippen LogP contribution in [0.2, 0.25) is 0 Å². The number of allylic oxidation sites excluding steroid dienone is 18. The molecule has 0 aromatic heterocycles. The average Bonchev–Trinajstić information content (AvgIpc) is 3.33. The number of rotatable bonds is 48. The van der Waals surface area contributed by atoms with Crippen LogP contribution in [-0.2, 0) is 28.6 Å². The lowest BCUT2D eigenvalue weighted by Crippen LogP contribution is -2.30. The van der Waals surface area contributed by atoms with E-state index in [2.05, 4.69) is 130 Å². The van der Waals surface area contributed by atoms with Crippen molar-refractivity contribution in [2.45, 2.75) is 245 Å². The second kappa shape index (κ2) is 54.7. The summed E-state index contributed by atoms with van der Waals surface area (Å²) < 4.78 is 16.8. The van der Waals surface area contributed by atoms with Crippen molar-refractivity contribution in [2.75, 3.05) is 13.2 Å². The van der Waals surface area contributed by atoms with Crippen molar-refractivity contribution in [3.63, 3.8) is 0 Å². The minimum absolute atomic E-state index is 0.111. The highest BCUT2D eigenvalue weighted by Crippen LogP contribution is 2.13. The Balaban J connectivity index is 4.51. The van der Waals surface area contributed by atoms with Crippen molar-refractivity contribution < 1.29 is 28.6 Å². The highest BCUT2D eigenvalue weighted by Gasteiger charge is 2.19. The summed E-state index contributed by atoms with van der Waals surface area (Å²) in [6, 6.07) is 0. The Morgan fingerprint density at radius 1 is 0.313 bits per heavy atom. The highest BCUT2D eigenvalue weighted by molar-refractivity contribution is 5.71. The second-order valence-corrected chi connectivity index (χ2v) is 17.7.